The Morgan fingerprint density at radius 2 is 1.86 bits per heavy atom. The van der Waals surface area contributed by atoms with Crippen molar-refractivity contribution in [1.82, 2.24) is 24.6 Å². The van der Waals surface area contributed by atoms with Gasteiger partial charge in [0.05, 0.1) is 22.3 Å². The van der Waals surface area contributed by atoms with Crippen molar-refractivity contribution >= 4 is 17.3 Å². The van der Waals surface area contributed by atoms with E-state index in [0.29, 0.717) is 29.2 Å². The van der Waals surface area contributed by atoms with Crippen LogP contribution in [0.2, 0.25) is 0 Å². The van der Waals surface area contributed by atoms with E-state index in [-0.39, 0.29) is 17.8 Å². The third kappa shape index (κ3) is 6.99. The van der Waals surface area contributed by atoms with Gasteiger partial charge in [0.15, 0.2) is 0 Å². The van der Waals surface area contributed by atoms with Gasteiger partial charge in [-0.2, -0.15) is 13.2 Å². The third-order valence-electron chi connectivity index (χ3n) is 5.52. The number of halogens is 4. The van der Waals surface area contributed by atoms with Crippen LogP contribution >= 0.6 is 0 Å². The Hall–Kier alpha value is -3.09. The van der Waals surface area contributed by atoms with Crippen molar-refractivity contribution < 1.29 is 26.6 Å². The quantitative estimate of drug-likeness (QED) is 0.388. The van der Waals surface area contributed by atoms with Crippen LogP contribution in [0, 0.1) is 11.7 Å². The number of pyridine rings is 1. The van der Waals surface area contributed by atoms with Crippen molar-refractivity contribution in [2.24, 2.45) is 5.92 Å². The number of rotatable bonds is 6. The molecule has 1 aliphatic heterocycles. The maximum absolute atomic E-state index is 12.8. The molecular formula is C24H25F4N5O2S. The standard InChI is InChI=1S/C12H11F3N4.C12H14FNO2S/c1-16-6-9-4-10(19-7-18-9)8-2-3-11(17-5-8)12(13,14)15;1-9-6-7-14(12(9)8-15)17(16)11-4-2-10(13)3-5-11/h2-5,7,16H,6H2,1H3;2-5,8-9,12H,6-7H2,1H3/t;9-,12?,17?/m.0/s1. The minimum Gasteiger partial charge on any atom is -0.314 e. The van der Waals surface area contributed by atoms with Crippen LogP contribution < -0.4 is 5.32 Å². The van der Waals surface area contributed by atoms with Crippen LogP contribution in [-0.4, -0.2) is 49.4 Å². The Bertz CT molecular complexity index is 1180. The van der Waals surface area contributed by atoms with E-state index in [1.807, 2.05) is 6.92 Å². The topological polar surface area (TPSA) is 88.1 Å². The number of nitrogens with one attached hydrogen (secondary N) is 1. The van der Waals surface area contributed by atoms with Gasteiger partial charge in [0.2, 0.25) is 0 Å². The normalized spacial score (nSPS) is 18.8. The molecule has 12 heteroatoms. The second-order valence-corrected chi connectivity index (χ2v) is 9.53. The molecule has 1 N–H and O–H groups in total. The van der Waals surface area contributed by atoms with Gasteiger partial charge in [0.1, 0.15) is 35.1 Å². The Kier molecular flexibility index (Phi) is 9.35. The molecular weight excluding hydrogens is 498 g/mol. The Morgan fingerprint density at radius 3 is 2.44 bits per heavy atom. The molecule has 1 aromatic carbocycles. The van der Waals surface area contributed by atoms with Crippen LogP contribution in [0.25, 0.3) is 11.3 Å². The summed E-state index contributed by atoms with van der Waals surface area (Å²) in [5.74, 6) is -0.135. The molecule has 0 amide bonds. The van der Waals surface area contributed by atoms with Crippen LogP contribution in [0.4, 0.5) is 17.6 Å². The molecule has 1 fully saturated rings. The highest BCUT2D eigenvalue weighted by atomic mass is 32.2. The predicted molar refractivity (Wildman–Crippen MR) is 126 cm³/mol. The number of carbonyl (C=O) groups excluding carboxylic acids is 1. The molecule has 2 aromatic heterocycles. The Labute approximate surface area is 208 Å². The number of alkyl halides is 3. The van der Waals surface area contributed by atoms with Gasteiger partial charge in [0.25, 0.3) is 0 Å². The van der Waals surface area contributed by atoms with Crippen molar-refractivity contribution in [3.63, 3.8) is 0 Å². The second-order valence-electron chi connectivity index (χ2n) is 8.09. The number of aldehydes is 1. The average Bonchev–Trinajstić information content (AvgIpc) is 3.24. The lowest BCUT2D eigenvalue weighted by Gasteiger charge is -2.20. The molecule has 2 unspecified atom stereocenters. The number of carbonyl (C=O) groups is 1. The molecule has 0 saturated carbocycles. The summed E-state index contributed by atoms with van der Waals surface area (Å²) in [6.07, 6.45) is -0.190. The van der Waals surface area contributed by atoms with Crippen molar-refractivity contribution in [3.8, 4) is 11.3 Å². The largest absolute Gasteiger partial charge is 0.433 e. The first-order valence-corrected chi connectivity index (χ1v) is 12.1. The first-order chi connectivity index (χ1) is 17.1. The van der Waals surface area contributed by atoms with E-state index in [2.05, 4.69) is 20.3 Å². The lowest BCUT2D eigenvalue weighted by molar-refractivity contribution is -0.141. The van der Waals surface area contributed by atoms with Crippen molar-refractivity contribution in [2.45, 2.75) is 37.0 Å². The molecule has 0 bridgehead atoms. The molecule has 36 heavy (non-hydrogen) atoms. The molecule has 0 aliphatic carbocycles. The van der Waals surface area contributed by atoms with Gasteiger partial charge in [-0.1, -0.05) is 6.92 Å². The summed E-state index contributed by atoms with van der Waals surface area (Å²) in [5.41, 5.74) is 0.905. The van der Waals surface area contributed by atoms with Crippen LogP contribution in [0.3, 0.4) is 0 Å². The lowest BCUT2D eigenvalue weighted by atomic mass is 10.1. The number of hydrogen-bond donors (Lipinski definition) is 1. The molecule has 1 aliphatic rings. The van der Waals surface area contributed by atoms with Gasteiger partial charge in [-0.25, -0.2) is 22.9 Å². The zero-order chi connectivity index (χ0) is 26.3. The molecule has 192 valence electrons. The van der Waals surface area contributed by atoms with Crippen molar-refractivity contribution in [1.29, 1.82) is 0 Å². The fourth-order valence-electron chi connectivity index (χ4n) is 3.56. The van der Waals surface area contributed by atoms with Crippen molar-refractivity contribution in [3.05, 3.63) is 72.2 Å². The van der Waals surface area contributed by atoms with Crippen molar-refractivity contribution in [2.75, 3.05) is 13.6 Å². The SMILES string of the molecule is CNCc1cc(-c2ccc(C(F)(F)F)nc2)ncn1.C[C@H]1CCN(S(=O)c2ccc(F)cc2)C1C=O. The summed E-state index contributed by atoms with van der Waals surface area (Å²) < 4.78 is 63.8. The third-order valence-corrected chi connectivity index (χ3v) is 7.05. The monoisotopic (exact) mass is 523 g/mol. The van der Waals surface area contributed by atoms with E-state index in [4.69, 9.17) is 0 Å². The molecule has 0 radical (unpaired) electrons. The smallest absolute Gasteiger partial charge is 0.314 e. The Morgan fingerprint density at radius 1 is 1.14 bits per heavy atom. The first kappa shape index (κ1) is 27.5. The summed E-state index contributed by atoms with van der Waals surface area (Å²) in [6.45, 7) is 3.17. The number of aromatic nitrogens is 3. The Balaban J connectivity index is 0.000000202. The van der Waals surface area contributed by atoms with Crippen LogP contribution in [0.15, 0.2) is 59.9 Å². The number of benzene rings is 1. The van der Waals surface area contributed by atoms with Crippen LogP contribution in [0.1, 0.15) is 24.7 Å². The lowest BCUT2D eigenvalue weighted by Crippen LogP contribution is -2.34. The van der Waals surface area contributed by atoms with Gasteiger partial charge in [-0.15, -0.1) is 0 Å². The van der Waals surface area contributed by atoms with Gasteiger partial charge < -0.3 is 10.1 Å². The van der Waals surface area contributed by atoms with E-state index in [0.717, 1.165) is 30.7 Å². The molecule has 0 spiro atoms. The molecule has 3 aromatic rings. The molecule has 7 nitrogen and oxygen atoms in total. The fourth-order valence-corrected chi connectivity index (χ4v) is 4.95. The zero-order valence-corrected chi connectivity index (χ0v) is 20.4. The van der Waals surface area contributed by atoms with Crippen LogP contribution in [-0.2, 0) is 28.5 Å². The summed E-state index contributed by atoms with van der Waals surface area (Å²) in [6, 6.07) is 9.25. The summed E-state index contributed by atoms with van der Waals surface area (Å²) in [4.78, 5) is 23.0. The first-order valence-electron chi connectivity index (χ1n) is 11.0. The number of nitrogens with zero attached hydrogens (tertiary/aromatic N) is 4. The highest BCUT2D eigenvalue weighted by Gasteiger charge is 2.35. The molecule has 1 saturated heterocycles. The summed E-state index contributed by atoms with van der Waals surface area (Å²) >= 11 is 0. The minimum absolute atomic E-state index is 0.219. The molecule has 4 rings (SSSR count). The summed E-state index contributed by atoms with van der Waals surface area (Å²) in [5, 5.41) is 2.94. The number of hydrogen-bond acceptors (Lipinski definition) is 6. The predicted octanol–water partition coefficient (Wildman–Crippen LogP) is 4.03. The minimum atomic E-state index is -4.43. The highest BCUT2D eigenvalue weighted by molar-refractivity contribution is 7.82. The van der Waals surface area contributed by atoms with Crippen LogP contribution in [0.5, 0.6) is 0 Å². The fraction of sp³-hybridized carbons (Fsp3) is 0.333. The average molecular weight is 524 g/mol. The molecule has 3 atom stereocenters. The van der Waals surface area contributed by atoms with E-state index >= 15 is 0 Å². The zero-order valence-electron chi connectivity index (χ0n) is 19.6. The van der Waals surface area contributed by atoms with E-state index in [1.54, 1.807) is 17.4 Å². The van der Waals surface area contributed by atoms with E-state index in [1.165, 1.54) is 36.7 Å². The van der Waals surface area contributed by atoms with Gasteiger partial charge in [-0.3, -0.25) is 4.98 Å². The van der Waals surface area contributed by atoms with Gasteiger partial charge >= 0.3 is 6.18 Å². The van der Waals surface area contributed by atoms with E-state index in [9.17, 15) is 26.6 Å². The van der Waals surface area contributed by atoms with E-state index < -0.39 is 22.9 Å². The second kappa shape index (κ2) is 12.2. The summed E-state index contributed by atoms with van der Waals surface area (Å²) in [7, 11) is 0.397. The molecule has 3 heterocycles. The van der Waals surface area contributed by atoms with Gasteiger partial charge in [0, 0.05) is 24.8 Å². The highest BCUT2D eigenvalue weighted by Crippen LogP contribution is 2.29. The van der Waals surface area contributed by atoms with Gasteiger partial charge in [-0.05, 0) is 61.9 Å². The maximum atomic E-state index is 12.8. The maximum Gasteiger partial charge on any atom is 0.433 e.